The summed E-state index contributed by atoms with van der Waals surface area (Å²) in [7, 11) is 0. The SMILES string of the molecule is C=CC(C(=O)O)C1=C(C(C)=O)CN2C[C@H](NC(=O)CSc3cc(Cl)ccc3Cl)C(=O)N12. The number of aliphatic carboxylic acids is 1. The molecule has 2 N–H and O–H groups in total. The second-order valence-electron chi connectivity index (χ2n) is 6.95. The van der Waals surface area contributed by atoms with E-state index in [4.69, 9.17) is 23.2 Å². The van der Waals surface area contributed by atoms with Crippen LogP contribution in [0.4, 0.5) is 0 Å². The second kappa shape index (κ2) is 9.44. The van der Waals surface area contributed by atoms with Crippen molar-refractivity contribution in [2.45, 2.75) is 17.9 Å². The number of carboxylic acids is 1. The third kappa shape index (κ3) is 4.79. The number of hydrazine groups is 1. The van der Waals surface area contributed by atoms with Gasteiger partial charge in [-0.3, -0.25) is 19.2 Å². The predicted octanol–water partition coefficient (Wildman–Crippen LogP) is 2.37. The number of thioether (sulfide) groups is 1. The number of fused-ring (bicyclic) bond motifs is 1. The van der Waals surface area contributed by atoms with E-state index in [0.717, 1.165) is 0 Å². The fourth-order valence-electron chi connectivity index (χ4n) is 3.47. The predicted molar refractivity (Wildman–Crippen MR) is 117 cm³/mol. The van der Waals surface area contributed by atoms with Gasteiger partial charge in [-0.1, -0.05) is 29.3 Å². The van der Waals surface area contributed by atoms with Crippen molar-refractivity contribution < 1.29 is 24.3 Å². The molecule has 1 aromatic rings. The number of hydrogen-bond donors (Lipinski definition) is 2. The maximum atomic E-state index is 13.0. The highest BCUT2D eigenvalue weighted by molar-refractivity contribution is 8.00. The van der Waals surface area contributed by atoms with E-state index in [1.807, 2.05) is 0 Å². The molecule has 1 aromatic carbocycles. The number of nitrogens with zero attached hydrogens (tertiary/aromatic N) is 2. The summed E-state index contributed by atoms with van der Waals surface area (Å²) >= 11 is 13.2. The molecule has 0 radical (unpaired) electrons. The van der Waals surface area contributed by atoms with Crippen LogP contribution in [0.1, 0.15) is 6.92 Å². The van der Waals surface area contributed by atoms with Crippen LogP contribution in [0.15, 0.2) is 47.0 Å². The van der Waals surface area contributed by atoms with E-state index >= 15 is 0 Å². The highest BCUT2D eigenvalue weighted by Crippen LogP contribution is 2.35. The first-order chi connectivity index (χ1) is 14.6. The summed E-state index contributed by atoms with van der Waals surface area (Å²) in [4.78, 5) is 49.7. The van der Waals surface area contributed by atoms with Crippen molar-refractivity contribution >= 4 is 58.5 Å². The fourth-order valence-corrected chi connectivity index (χ4v) is 4.77. The molecule has 2 amide bonds. The summed E-state index contributed by atoms with van der Waals surface area (Å²) in [6, 6.07) is 4.05. The number of carboxylic acid groups (broad SMARTS) is 1. The van der Waals surface area contributed by atoms with Crippen LogP contribution in [-0.2, 0) is 19.2 Å². The molecule has 31 heavy (non-hydrogen) atoms. The molecule has 1 unspecified atom stereocenters. The molecule has 0 saturated carbocycles. The molecule has 164 valence electrons. The third-order valence-corrected chi connectivity index (χ3v) is 6.60. The number of carbonyl (C=O) groups excluding carboxylic acids is 3. The van der Waals surface area contributed by atoms with Crippen molar-refractivity contribution in [2.24, 2.45) is 5.92 Å². The van der Waals surface area contributed by atoms with Crippen molar-refractivity contribution in [2.75, 3.05) is 18.8 Å². The zero-order valence-electron chi connectivity index (χ0n) is 16.4. The number of amides is 2. The van der Waals surface area contributed by atoms with Gasteiger partial charge in [0, 0.05) is 28.6 Å². The molecule has 1 saturated heterocycles. The molecular formula is C20H19Cl2N3O5S. The van der Waals surface area contributed by atoms with Crippen LogP contribution in [0.5, 0.6) is 0 Å². The molecule has 0 aromatic heterocycles. The molecule has 0 spiro atoms. The average Bonchev–Trinajstić information content (AvgIpc) is 3.20. The van der Waals surface area contributed by atoms with E-state index < -0.39 is 29.7 Å². The van der Waals surface area contributed by atoms with Crippen molar-refractivity contribution in [3.63, 3.8) is 0 Å². The molecule has 11 heteroatoms. The number of ketones is 1. The first-order valence-corrected chi connectivity index (χ1v) is 10.9. The molecule has 2 atom stereocenters. The van der Waals surface area contributed by atoms with Crippen LogP contribution in [0, 0.1) is 5.92 Å². The minimum Gasteiger partial charge on any atom is -0.481 e. The Labute approximate surface area is 192 Å². The van der Waals surface area contributed by atoms with Gasteiger partial charge in [-0.05, 0) is 25.1 Å². The summed E-state index contributed by atoms with van der Waals surface area (Å²) in [5, 5.41) is 15.9. The normalized spacial score (nSPS) is 19.4. The molecular weight excluding hydrogens is 465 g/mol. The summed E-state index contributed by atoms with van der Waals surface area (Å²) < 4.78 is 0. The quantitative estimate of drug-likeness (QED) is 0.431. The fraction of sp³-hybridized carbons (Fsp3) is 0.300. The van der Waals surface area contributed by atoms with Gasteiger partial charge in [-0.25, -0.2) is 10.0 Å². The van der Waals surface area contributed by atoms with E-state index in [0.29, 0.717) is 14.9 Å². The molecule has 0 aliphatic carbocycles. The van der Waals surface area contributed by atoms with Gasteiger partial charge in [-0.2, -0.15) is 0 Å². The Morgan fingerprint density at radius 2 is 2.10 bits per heavy atom. The molecule has 2 aliphatic rings. The number of Topliss-reactive ketones (excluding diaryl/α,β-unsaturated/α-hetero) is 1. The second-order valence-corrected chi connectivity index (χ2v) is 8.81. The lowest BCUT2D eigenvalue weighted by molar-refractivity contribution is -0.141. The van der Waals surface area contributed by atoms with E-state index in [2.05, 4.69) is 11.9 Å². The molecule has 3 rings (SSSR count). The van der Waals surface area contributed by atoms with Gasteiger partial charge in [-0.15, -0.1) is 18.3 Å². The van der Waals surface area contributed by atoms with Crippen LogP contribution in [-0.4, -0.2) is 63.6 Å². The van der Waals surface area contributed by atoms with Gasteiger partial charge in [0.1, 0.15) is 12.0 Å². The Kier molecular flexibility index (Phi) is 7.10. The Balaban J connectivity index is 1.71. The maximum absolute atomic E-state index is 13.0. The van der Waals surface area contributed by atoms with Crippen molar-refractivity contribution in [3.05, 3.63) is 52.2 Å². The smallest absolute Gasteiger partial charge is 0.316 e. The number of benzene rings is 1. The van der Waals surface area contributed by atoms with Crippen LogP contribution < -0.4 is 5.32 Å². The van der Waals surface area contributed by atoms with Crippen LogP contribution in [0.3, 0.4) is 0 Å². The largest absolute Gasteiger partial charge is 0.481 e. The lowest BCUT2D eigenvalue weighted by Crippen LogP contribution is -2.44. The van der Waals surface area contributed by atoms with Gasteiger partial charge in [0.25, 0.3) is 5.91 Å². The van der Waals surface area contributed by atoms with E-state index in [1.165, 1.54) is 29.8 Å². The Morgan fingerprint density at radius 3 is 2.71 bits per heavy atom. The molecule has 2 aliphatic heterocycles. The van der Waals surface area contributed by atoms with Crippen molar-refractivity contribution in [1.82, 2.24) is 15.3 Å². The van der Waals surface area contributed by atoms with Gasteiger partial charge in [0.2, 0.25) is 5.91 Å². The average molecular weight is 484 g/mol. The summed E-state index contributed by atoms with van der Waals surface area (Å²) in [5.74, 6) is -3.64. The molecule has 1 fully saturated rings. The first kappa shape index (κ1) is 23.3. The lowest BCUT2D eigenvalue weighted by Gasteiger charge is -2.24. The Hall–Kier alpha value is -2.33. The number of nitrogens with one attached hydrogen (secondary N) is 1. The molecule has 8 nitrogen and oxygen atoms in total. The first-order valence-electron chi connectivity index (χ1n) is 9.19. The maximum Gasteiger partial charge on any atom is 0.316 e. The zero-order valence-corrected chi connectivity index (χ0v) is 18.8. The van der Waals surface area contributed by atoms with E-state index in [-0.39, 0.29) is 35.9 Å². The number of rotatable bonds is 8. The van der Waals surface area contributed by atoms with Crippen molar-refractivity contribution in [1.29, 1.82) is 0 Å². The monoisotopic (exact) mass is 483 g/mol. The van der Waals surface area contributed by atoms with E-state index in [1.54, 1.807) is 23.2 Å². The molecule has 2 heterocycles. The third-order valence-electron chi connectivity index (χ3n) is 4.87. The Bertz CT molecular complexity index is 1010. The minimum atomic E-state index is -1.22. The zero-order chi connectivity index (χ0) is 22.9. The van der Waals surface area contributed by atoms with Crippen LogP contribution in [0.25, 0.3) is 0 Å². The van der Waals surface area contributed by atoms with Crippen LogP contribution >= 0.6 is 35.0 Å². The summed E-state index contributed by atoms with van der Waals surface area (Å²) in [5.41, 5.74) is 0.327. The number of hydrogen-bond acceptors (Lipinski definition) is 6. The highest BCUT2D eigenvalue weighted by atomic mass is 35.5. The topological polar surface area (TPSA) is 107 Å². The minimum absolute atomic E-state index is 0.00957. The van der Waals surface area contributed by atoms with Gasteiger partial charge in [0.15, 0.2) is 5.78 Å². The lowest BCUT2D eigenvalue weighted by atomic mass is 9.98. The van der Waals surface area contributed by atoms with Gasteiger partial charge in [0.05, 0.1) is 16.5 Å². The summed E-state index contributed by atoms with van der Waals surface area (Å²) in [6.07, 6.45) is 1.18. The Morgan fingerprint density at radius 1 is 1.39 bits per heavy atom. The van der Waals surface area contributed by atoms with Gasteiger partial charge < -0.3 is 10.4 Å². The number of halogens is 2. The van der Waals surface area contributed by atoms with Gasteiger partial charge >= 0.3 is 5.97 Å². The number of carbonyl (C=O) groups is 4. The molecule has 0 bridgehead atoms. The van der Waals surface area contributed by atoms with Crippen LogP contribution in [0.2, 0.25) is 10.0 Å². The summed E-state index contributed by atoms with van der Waals surface area (Å²) in [6.45, 7) is 5.05. The highest BCUT2D eigenvalue weighted by Gasteiger charge is 2.49. The standard InChI is InChI=1S/C20H19Cl2N3O5S/c1-3-12(20(29)30)18-13(10(2)26)7-24-8-15(19(28)25(18)24)23-17(27)9-31-16-6-11(21)4-5-14(16)22/h3-6,12,15H,1,7-9H2,2H3,(H,23,27)(H,29,30)/t12?,15-/m0/s1. The van der Waals surface area contributed by atoms with Crippen molar-refractivity contribution in [3.8, 4) is 0 Å². The van der Waals surface area contributed by atoms with E-state index in [9.17, 15) is 24.3 Å².